The average Bonchev–Trinajstić information content (AvgIpc) is 2.55. The molecule has 1 aliphatic heterocycles. The van der Waals surface area contributed by atoms with E-state index in [9.17, 15) is 15.2 Å². The molecule has 0 spiro atoms. The molecule has 1 fully saturated rings. The summed E-state index contributed by atoms with van der Waals surface area (Å²) in [7, 11) is 0. The number of phenols is 1. The molecule has 3 rings (SSSR count). The first-order chi connectivity index (χ1) is 11.1. The fraction of sp³-hybridized carbons (Fsp3) is 0.312. The summed E-state index contributed by atoms with van der Waals surface area (Å²) in [6, 6.07) is 10.3. The molecule has 0 bridgehead atoms. The van der Waals surface area contributed by atoms with Gasteiger partial charge in [0, 0.05) is 45.0 Å². The molecule has 0 amide bonds. The maximum Gasteiger partial charge on any atom is 0.311 e. The van der Waals surface area contributed by atoms with Crippen molar-refractivity contribution >= 4 is 11.5 Å². The number of aromatic hydroxyl groups is 1. The number of pyridine rings is 1. The number of benzene rings is 1. The lowest BCUT2D eigenvalue weighted by atomic mass is 10.2. The third-order valence-corrected chi connectivity index (χ3v) is 3.95. The molecule has 1 aliphatic rings. The van der Waals surface area contributed by atoms with Crippen molar-refractivity contribution in [1.82, 2.24) is 9.88 Å². The first-order valence-corrected chi connectivity index (χ1v) is 7.48. The molecule has 1 saturated heterocycles. The Bertz CT molecular complexity index is 699. The topological polar surface area (TPSA) is 82.7 Å². The van der Waals surface area contributed by atoms with Crippen LogP contribution in [0.4, 0.5) is 11.5 Å². The number of phenolic OH excluding ortho intramolecular Hbond substituents is 1. The summed E-state index contributed by atoms with van der Waals surface area (Å²) in [5.41, 5.74) is 1.11. The van der Waals surface area contributed by atoms with Gasteiger partial charge < -0.3 is 10.0 Å². The second kappa shape index (κ2) is 6.62. The Kier molecular flexibility index (Phi) is 4.38. The van der Waals surface area contributed by atoms with E-state index in [4.69, 9.17) is 0 Å². The minimum Gasteiger partial charge on any atom is -0.508 e. The second-order valence-electron chi connectivity index (χ2n) is 5.54. The van der Waals surface area contributed by atoms with Gasteiger partial charge in [-0.2, -0.15) is 0 Å². The Hall–Kier alpha value is -2.67. The van der Waals surface area contributed by atoms with Crippen molar-refractivity contribution in [3.8, 4) is 5.75 Å². The second-order valence-corrected chi connectivity index (χ2v) is 5.54. The highest BCUT2D eigenvalue weighted by Gasteiger charge is 2.24. The van der Waals surface area contributed by atoms with Gasteiger partial charge in [0.25, 0.3) is 0 Å². The molecule has 0 aliphatic carbocycles. The Balaban J connectivity index is 1.64. The van der Waals surface area contributed by atoms with E-state index in [1.165, 1.54) is 6.07 Å². The lowest BCUT2D eigenvalue weighted by molar-refractivity contribution is -0.384. The van der Waals surface area contributed by atoms with E-state index in [1.54, 1.807) is 24.4 Å². The summed E-state index contributed by atoms with van der Waals surface area (Å²) in [5.74, 6) is 0.708. The van der Waals surface area contributed by atoms with Gasteiger partial charge in [-0.1, -0.05) is 12.1 Å². The molecule has 1 aromatic carbocycles. The van der Waals surface area contributed by atoms with E-state index >= 15 is 0 Å². The number of aromatic nitrogens is 1. The van der Waals surface area contributed by atoms with Crippen LogP contribution in [0.5, 0.6) is 5.75 Å². The third-order valence-electron chi connectivity index (χ3n) is 3.95. The molecule has 0 saturated carbocycles. The number of nitro groups is 1. The van der Waals surface area contributed by atoms with Crippen LogP contribution in [0.3, 0.4) is 0 Å². The molecule has 120 valence electrons. The average molecular weight is 314 g/mol. The van der Waals surface area contributed by atoms with Gasteiger partial charge in [0.05, 0.1) is 4.92 Å². The van der Waals surface area contributed by atoms with Crippen LogP contribution in [-0.2, 0) is 6.54 Å². The standard InChI is InChI=1S/C16H18N4O3/c21-14-4-1-3-13(11-14)12-18-7-9-19(10-8-18)16-15(20(22)23)5-2-6-17-16/h1-6,11,21H,7-10,12H2. The molecule has 2 heterocycles. The molecule has 1 N–H and O–H groups in total. The maximum atomic E-state index is 11.1. The van der Waals surface area contributed by atoms with Crippen molar-refractivity contribution in [2.45, 2.75) is 6.54 Å². The molecule has 23 heavy (non-hydrogen) atoms. The number of hydrogen-bond donors (Lipinski definition) is 1. The van der Waals surface area contributed by atoms with Crippen LogP contribution in [0.1, 0.15) is 5.56 Å². The number of piperazine rings is 1. The summed E-state index contributed by atoms with van der Waals surface area (Å²) in [6.45, 7) is 3.73. The highest BCUT2D eigenvalue weighted by Crippen LogP contribution is 2.26. The summed E-state index contributed by atoms with van der Waals surface area (Å²) in [6.07, 6.45) is 1.58. The van der Waals surface area contributed by atoms with E-state index in [2.05, 4.69) is 9.88 Å². The van der Waals surface area contributed by atoms with Crippen LogP contribution in [0.25, 0.3) is 0 Å². The van der Waals surface area contributed by atoms with Gasteiger partial charge in [-0.05, 0) is 23.8 Å². The first kappa shape index (κ1) is 15.2. The quantitative estimate of drug-likeness (QED) is 0.686. The van der Waals surface area contributed by atoms with Crippen molar-refractivity contribution in [3.05, 3.63) is 58.3 Å². The molecular formula is C16H18N4O3. The summed E-state index contributed by atoms with van der Waals surface area (Å²) in [5, 5.41) is 20.6. The molecule has 2 aromatic rings. The van der Waals surface area contributed by atoms with Crippen molar-refractivity contribution in [2.24, 2.45) is 0 Å². The first-order valence-electron chi connectivity index (χ1n) is 7.48. The van der Waals surface area contributed by atoms with Crippen LogP contribution in [-0.4, -0.2) is 46.1 Å². The zero-order chi connectivity index (χ0) is 16.2. The van der Waals surface area contributed by atoms with Crippen LogP contribution in [0, 0.1) is 10.1 Å². The molecule has 7 nitrogen and oxygen atoms in total. The number of anilines is 1. The Labute approximate surface area is 133 Å². The number of nitrogens with zero attached hydrogens (tertiary/aromatic N) is 4. The lowest BCUT2D eigenvalue weighted by Crippen LogP contribution is -2.46. The van der Waals surface area contributed by atoms with E-state index in [1.807, 2.05) is 17.0 Å². The predicted octanol–water partition coefficient (Wildman–Crippen LogP) is 2.02. The Morgan fingerprint density at radius 3 is 2.65 bits per heavy atom. The van der Waals surface area contributed by atoms with Crippen LogP contribution < -0.4 is 4.90 Å². The van der Waals surface area contributed by atoms with Gasteiger partial charge in [0.2, 0.25) is 5.82 Å². The zero-order valence-corrected chi connectivity index (χ0v) is 12.6. The van der Waals surface area contributed by atoms with E-state index < -0.39 is 0 Å². The van der Waals surface area contributed by atoms with Gasteiger partial charge in [-0.15, -0.1) is 0 Å². The van der Waals surface area contributed by atoms with Crippen molar-refractivity contribution < 1.29 is 10.0 Å². The van der Waals surface area contributed by atoms with Gasteiger partial charge in [0.15, 0.2) is 0 Å². The smallest absolute Gasteiger partial charge is 0.311 e. The van der Waals surface area contributed by atoms with Crippen LogP contribution in [0.15, 0.2) is 42.6 Å². The largest absolute Gasteiger partial charge is 0.508 e. The molecule has 1 aromatic heterocycles. The van der Waals surface area contributed by atoms with Gasteiger partial charge in [-0.3, -0.25) is 15.0 Å². The van der Waals surface area contributed by atoms with Crippen molar-refractivity contribution in [1.29, 1.82) is 0 Å². The summed E-state index contributed by atoms with van der Waals surface area (Å²) < 4.78 is 0. The zero-order valence-electron chi connectivity index (χ0n) is 12.6. The van der Waals surface area contributed by atoms with Crippen molar-refractivity contribution in [2.75, 3.05) is 31.1 Å². The summed E-state index contributed by atoms with van der Waals surface area (Å²) in [4.78, 5) is 19.1. The predicted molar refractivity (Wildman–Crippen MR) is 86.5 cm³/mol. The normalized spacial score (nSPS) is 15.6. The van der Waals surface area contributed by atoms with E-state index in [0.29, 0.717) is 18.9 Å². The molecular weight excluding hydrogens is 296 g/mol. The SMILES string of the molecule is O=[N+]([O-])c1cccnc1N1CCN(Cc2cccc(O)c2)CC1. The van der Waals surface area contributed by atoms with E-state index in [0.717, 1.165) is 25.2 Å². The highest BCUT2D eigenvalue weighted by molar-refractivity contribution is 5.57. The summed E-state index contributed by atoms with van der Waals surface area (Å²) >= 11 is 0. The Morgan fingerprint density at radius 1 is 1.17 bits per heavy atom. The fourth-order valence-electron chi connectivity index (χ4n) is 2.81. The third kappa shape index (κ3) is 3.57. The molecule has 0 unspecified atom stereocenters. The lowest BCUT2D eigenvalue weighted by Gasteiger charge is -2.35. The van der Waals surface area contributed by atoms with Crippen LogP contribution >= 0.6 is 0 Å². The molecule has 0 atom stereocenters. The van der Waals surface area contributed by atoms with Crippen molar-refractivity contribution in [3.63, 3.8) is 0 Å². The number of hydrogen-bond acceptors (Lipinski definition) is 6. The maximum absolute atomic E-state index is 11.1. The Morgan fingerprint density at radius 2 is 1.96 bits per heavy atom. The monoisotopic (exact) mass is 314 g/mol. The van der Waals surface area contributed by atoms with Gasteiger partial charge >= 0.3 is 5.69 Å². The molecule has 0 radical (unpaired) electrons. The van der Waals surface area contributed by atoms with E-state index in [-0.39, 0.29) is 16.4 Å². The minimum absolute atomic E-state index is 0.0499. The fourth-order valence-corrected chi connectivity index (χ4v) is 2.81. The minimum atomic E-state index is -0.387. The highest BCUT2D eigenvalue weighted by atomic mass is 16.6. The van der Waals surface area contributed by atoms with Crippen LogP contribution in [0.2, 0.25) is 0 Å². The van der Waals surface area contributed by atoms with Gasteiger partial charge in [-0.25, -0.2) is 4.98 Å². The van der Waals surface area contributed by atoms with Gasteiger partial charge in [0.1, 0.15) is 5.75 Å². The molecule has 7 heteroatoms. The number of rotatable bonds is 4.